The van der Waals surface area contributed by atoms with Gasteiger partial charge in [-0.25, -0.2) is 23.9 Å². The van der Waals surface area contributed by atoms with Crippen LogP contribution in [0.5, 0.6) is 0 Å². The quantitative estimate of drug-likeness (QED) is 0.244. The Morgan fingerprint density at radius 1 is 0.935 bits per heavy atom. The molecule has 0 unspecified atom stereocenters. The molecule has 1 fully saturated rings. The van der Waals surface area contributed by atoms with E-state index >= 15 is 0 Å². The molecule has 2 heterocycles. The maximum atomic E-state index is 14.7. The van der Waals surface area contributed by atoms with Crippen LogP contribution in [-0.2, 0) is 28.5 Å². The highest BCUT2D eigenvalue weighted by Crippen LogP contribution is 2.37. The average molecular weight is 658 g/mol. The first-order chi connectivity index (χ1) is 21.5. The SMILES string of the molecule is CN(Cc1cc(C(F)(F)F)cc(C(F)(F)F)c1)C(=O)c1cnc(N2CCNCC2)nc1-c1ccccc1F.O=C(O)/C=C/C(=O)O. The lowest BCUT2D eigenvalue weighted by atomic mass is 10.0. The van der Waals surface area contributed by atoms with Gasteiger partial charge in [-0.1, -0.05) is 12.1 Å². The number of nitrogens with zero attached hydrogens (tertiary/aromatic N) is 4. The third-order valence-corrected chi connectivity index (χ3v) is 6.32. The molecule has 246 valence electrons. The van der Waals surface area contributed by atoms with Gasteiger partial charge in [-0.2, -0.15) is 26.3 Å². The number of hydrogen-bond acceptors (Lipinski definition) is 7. The zero-order valence-electron chi connectivity index (χ0n) is 23.9. The third-order valence-electron chi connectivity index (χ3n) is 6.32. The molecule has 1 saturated heterocycles. The van der Waals surface area contributed by atoms with Crippen LogP contribution >= 0.6 is 0 Å². The van der Waals surface area contributed by atoms with Gasteiger partial charge in [0.2, 0.25) is 5.95 Å². The van der Waals surface area contributed by atoms with Gasteiger partial charge in [0.05, 0.1) is 22.4 Å². The first-order valence-electron chi connectivity index (χ1n) is 13.2. The summed E-state index contributed by atoms with van der Waals surface area (Å²) in [5.41, 5.74) is -3.55. The number of hydrogen-bond donors (Lipinski definition) is 3. The number of halogens is 7. The summed E-state index contributed by atoms with van der Waals surface area (Å²) < 4.78 is 94.3. The molecule has 1 aliphatic heterocycles. The molecule has 2 aromatic carbocycles. The number of carbonyl (C=O) groups is 3. The van der Waals surface area contributed by atoms with Crippen molar-refractivity contribution in [1.29, 1.82) is 0 Å². The number of aromatic nitrogens is 2. The van der Waals surface area contributed by atoms with E-state index in [9.17, 15) is 45.1 Å². The number of amides is 1. The molecule has 0 radical (unpaired) electrons. The van der Waals surface area contributed by atoms with Gasteiger partial charge in [0.1, 0.15) is 5.82 Å². The number of carboxylic acids is 2. The molecule has 0 aliphatic carbocycles. The highest BCUT2D eigenvalue weighted by Gasteiger charge is 2.37. The highest BCUT2D eigenvalue weighted by atomic mass is 19.4. The Kier molecular flexibility index (Phi) is 11.4. The van der Waals surface area contributed by atoms with Crippen LogP contribution < -0.4 is 10.2 Å². The van der Waals surface area contributed by atoms with Crippen LogP contribution in [-0.4, -0.2) is 76.2 Å². The topological polar surface area (TPSA) is 136 Å². The second-order valence-corrected chi connectivity index (χ2v) is 9.73. The van der Waals surface area contributed by atoms with Crippen LogP contribution in [0.25, 0.3) is 11.3 Å². The zero-order valence-corrected chi connectivity index (χ0v) is 23.9. The molecular weight excluding hydrogens is 631 g/mol. The van der Waals surface area contributed by atoms with Gasteiger partial charge in [0.25, 0.3) is 5.91 Å². The van der Waals surface area contributed by atoms with Crippen molar-refractivity contribution in [1.82, 2.24) is 20.2 Å². The fourth-order valence-electron chi connectivity index (χ4n) is 4.21. The maximum absolute atomic E-state index is 14.7. The fourth-order valence-corrected chi connectivity index (χ4v) is 4.21. The molecule has 3 N–H and O–H groups in total. The number of anilines is 1. The van der Waals surface area contributed by atoms with Gasteiger partial charge in [0, 0.05) is 63.7 Å². The Hall–Kier alpha value is -5.06. The first-order valence-corrected chi connectivity index (χ1v) is 13.2. The number of piperazine rings is 1. The van der Waals surface area contributed by atoms with Crippen LogP contribution in [0.3, 0.4) is 0 Å². The Labute approximate surface area is 256 Å². The molecule has 46 heavy (non-hydrogen) atoms. The number of aliphatic carboxylic acids is 2. The number of benzene rings is 2. The molecule has 0 atom stereocenters. The number of alkyl halides is 6. The summed E-state index contributed by atoms with van der Waals surface area (Å²) in [5.74, 6) is -3.72. The van der Waals surface area contributed by atoms with Crippen molar-refractivity contribution >= 4 is 23.8 Å². The minimum atomic E-state index is -5.02. The van der Waals surface area contributed by atoms with E-state index in [1.165, 1.54) is 31.4 Å². The van der Waals surface area contributed by atoms with Crippen LogP contribution in [0, 0.1) is 5.82 Å². The summed E-state index contributed by atoms with van der Waals surface area (Å²) in [7, 11) is 1.21. The number of carboxylic acid groups (broad SMARTS) is 2. The molecule has 0 saturated carbocycles. The summed E-state index contributed by atoms with van der Waals surface area (Å²) in [4.78, 5) is 43.9. The molecular formula is C29H26F7N5O5. The minimum absolute atomic E-state index is 0.00135. The first kappa shape index (κ1) is 35.4. The Morgan fingerprint density at radius 3 is 1.98 bits per heavy atom. The maximum Gasteiger partial charge on any atom is 0.416 e. The van der Waals surface area contributed by atoms with E-state index < -0.39 is 53.7 Å². The Bertz CT molecular complexity index is 1560. The van der Waals surface area contributed by atoms with E-state index in [0.717, 1.165) is 4.90 Å². The second-order valence-electron chi connectivity index (χ2n) is 9.73. The lowest BCUT2D eigenvalue weighted by Crippen LogP contribution is -2.44. The number of nitrogens with one attached hydrogen (secondary N) is 1. The monoisotopic (exact) mass is 657 g/mol. The number of carbonyl (C=O) groups excluding carboxylic acids is 1. The Balaban J connectivity index is 0.000000637. The minimum Gasteiger partial charge on any atom is -0.478 e. The predicted octanol–water partition coefficient (Wildman–Crippen LogP) is 4.71. The van der Waals surface area contributed by atoms with Gasteiger partial charge in [0.15, 0.2) is 0 Å². The van der Waals surface area contributed by atoms with Crippen molar-refractivity contribution < 1.29 is 55.3 Å². The van der Waals surface area contributed by atoms with E-state index in [2.05, 4.69) is 15.3 Å². The predicted molar refractivity (Wildman–Crippen MR) is 149 cm³/mol. The molecule has 4 rings (SSSR count). The van der Waals surface area contributed by atoms with Crippen LogP contribution in [0.1, 0.15) is 27.0 Å². The van der Waals surface area contributed by atoms with Gasteiger partial charge in [-0.15, -0.1) is 0 Å². The summed E-state index contributed by atoms with van der Waals surface area (Å²) in [6.07, 6.45) is -7.74. The molecule has 17 heteroatoms. The van der Waals surface area contributed by atoms with Gasteiger partial charge in [-0.3, -0.25) is 4.79 Å². The van der Waals surface area contributed by atoms with Crippen molar-refractivity contribution in [3.05, 3.63) is 88.9 Å². The van der Waals surface area contributed by atoms with Crippen molar-refractivity contribution in [3.63, 3.8) is 0 Å². The zero-order chi connectivity index (χ0) is 34.2. The summed E-state index contributed by atoms with van der Waals surface area (Å²) >= 11 is 0. The smallest absolute Gasteiger partial charge is 0.416 e. The molecule has 0 spiro atoms. The Morgan fingerprint density at radius 2 is 1.48 bits per heavy atom. The molecule has 1 amide bonds. The van der Waals surface area contributed by atoms with Gasteiger partial charge < -0.3 is 25.3 Å². The standard InChI is InChI=1S/C25H22F7N5O.C4H4O4/c1-36(14-15-10-16(24(27,28)29)12-17(11-15)25(30,31)32)22(38)19-13-34-23(37-8-6-33-7-9-37)35-21(19)18-4-2-3-5-20(18)26;5-3(6)1-2-4(7)8/h2-5,10-13,33H,6-9,14H2,1H3;1-2H,(H,5,6)(H,7,8)/b;2-1+. The van der Waals surface area contributed by atoms with Gasteiger partial charge in [-0.05, 0) is 35.9 Å². The third kappa shape index (κ3) is 9.72. The highest BCUT2D eigenvalue weighted by molar-refractivity contribution is 5.99. The van der Waals surface area contributed by atoms with Crippen LogP contribution in [0.2, 0.25) is 0 Å². The van der Waals surface area contributed by atoms with Crippen LogP contribution in [0.15, 0.2) is 60.8 Å². The van der Waals surface area contributed by atoms with Crippen molar-refractivity contribution in [2.75, 3.05) is 38.1 Å². The van der Waals surface area contributed by atoms with Crippen molar-refractivity contribution in [3.8, 4) is 11.3 Å². The van der Waals surface area contributed by atoms with Crippen LogP contribution in [0.4, 0.5) is 36.7 Å². The van der Waals surface area contributed by atoms with E-state index in [1.54, 1.807) is 6.07 Å². The van der Waals surface area contributed by atoms with E-state index in [-0.39, 0.29) is 34.4 Å². The second kappa shape index (κ2) is 14.8. The fraction of sp³-hybridized carbons (Fsp3) is 0.276. The molecule has 3 aromatic rings. The van der Waals surface area contributed by atoms with E-state index in [0.29, 0.717) is 50.5 Å². The number of rotatable bonds is 7. The summed E-state index contributed by atoms with van der Waals surface area (Å²) in [5, 5.41) is 18.8. The van der Waals surface area contributed by atoms with Crippen molar-refractivity contribution in [2.24, 2.45) is 0 Å². The molecule has 10 nitrogen and oxygen atoms in total. The summed E-state index contributed by atoms with van der Waals surface area (Å²) in [6, 6.07) is 6.73. The summed E-state index contributed by atoms with van der Waals surface area (Å²) in [6.45, 7) is 1.89. The lowest BCUT2D eigenvalue weighted by Gasteiger charge is -2.28. The van der Waals surface area contributed by atoms with Crippen molar-refractivity contribution in [2.45, 2.75) is 18.9 Å². The van der Waals surface area contributed by atoms with E-state index in [4.69, 9.17) is 10.2 Å². The average Bonchev–Trinajstić information content (AvgIpc) is 2.99. The largest absolute Gasteiger partial charge is 0.478 e. The molecule has 1 aromatic heterocycles. The van der Waals surface area contributed by atoms with E-state index in [1.807, 2.05) is 4.90 Å². The normalized spacial score (nSPS) is 13.6. The lowest BCUT2D eigenvalue weighted by molar-refractivity contribution is -0.143. The van der Waals surface area contributed by atoms with Gasteiger partial charge >= 0.3 is 24.3 Å². The molecule has 0 bridgehead atoms. The molecule has 1 aliphatic rings.